The van der Waals surface area contributed by atoms with Crippen LogP contribution in [-0.4, -0.2) is 55.0 Å². The third-order valence-electron chi connectivity index (χ3n) is 4.13. The van der Waals surface area contributed by atoms with Crippen molar-refractivity contribution in [3.8, 4) is 0 Å². The molecule has 0 amide bonds. The van der Waals surface area contributed by atoms with Crippen LogP contribution >= 0.6 is 41.2 Å². The van der Waals surface area contributed by atoms with Crippen molar-refractivity contribution in [2.45, 2.75) is 102 Å². The van der Waals surface area contributed by atoms with Crippen molar-refractivity contribution < 1.29 is 18.9 Å². The van der Waals surface area contributed by atoms with Gasteiger partial charge in [0.15, 0.2) is 0 Å². The van der Waals surface area contributed by atoms with Gasteiger partial charge in [0, 0.05) is 0 Å². The highest BCUT2D eigenvalue weighted by Gasteiger charge is 2.36. The standard InChI is InChI=1S/C20H46O4S4Si2/c1-7-13-21-19(22-14-8-2,29-17-11-5)25-27-28-26-20(23-15-9-3,24-16-10-4)30-18-12-6/h7-18,29-30H2,1-6H3. The van der Waals surface area contributed by atoms with Crippen LogP contribution in [0.3, 0.4) is 0 Å². The Balaban J connectivity index is 5.02. The third-order valence-corrected chi connectivity index (χ3v) is 18.1. The van der Waals surface area contributed by atoms with Crippen LogP contribution in [0.15, 0.2) is 0 Å². The van der Waals surface area contributed by atoms with E-state index >= 15 is 0 Å². The van der Waals surface area contributed by atoms with Crippen LogP contribution in [0.4, 0.5) is 0 Å². The Hall–Kier alpha value is 1.67. The van der Waals surface area contributed by atoms with E-state index in [1.165, 1.54) is 24.9 Å². The first-order valence-corrected chi connectivity index (χ1v) is 20.1. The maximum Gasteiger partial charge on any atom is 0.200 e. The number of hydrogen-bond acceptors (Lipinski definition) is 8. The van der Waals surface area contributed by atoms with Crippen molar-refractivity contribution in [2.24, 2.45) is 0 Å². The fourth-order valence-electron chi connectivity index (χ4n) is 2.50. The second-order valence-electron chi connectivity index (χ2n) is 7.27. The van der Waals surface area contributed by atoms with Gasteiger partial charge in [-0.25, -0.2) is 0 Å². The van der Waals surface area contributed by atoms with E-state index in [2.05, 4.69) is 41.5 Å². The molecule has 0 aromatic rings. The molecule has 182 valence electrons. The summed E-state index contributed by atoms with van der Waals surface area (Å²) in [4.78, 5) is 0. The van der Waals surface area contributed by atoms with Crippen molar-refractivity contribution in [3.63, 3.8) is 0 Å². The Bertz CT molecular complexity index is 307. The monoisotopic (exact) mass is 534 g/mol. The highest BCUT2D eigenvalue weighted by Crippen LogP contribution is 2.53. The van der Waals surface area contributed by atoms with E-state index in [9.17, 15) is 0 Å². The smallest absolute Gasteiger partial charge is 0.200 e. The second-order valence-corrected chi connectivity index (χ2v) is 18.7. The quantitative estimate of drug-likeness (QED) is 0.0629. The predicted octanol–water partition coefficient (Wildman–Crippen LogP) is 6.59. The number of rotatable bonds is 23. The number of ether oxygens (including phenoxy) is 4. The first kappa shape index (κ1) is 31.7. The van der Waals surface area contributed by atoms with Gasteiger partial charge in [-0.2, -0.15) is 0 Å². The van der Waals surface area contributed by atoms with Gasteiger partial charge in [0.1, 0.15) is 19.0 Å². The Kier molecular flexibility index (Phi) is 22.4. The van der Waals surface area contributed by atoms with E-state index in [0.717, 1.165) is 52.1 Å². The van der Waals surface area contributed by atoms with E-state index in [-0.39, 0.29) is 0 Å². The molecule has 0 unspecified atom stereocenters. The van der Waals surface area contributed by atoms with Crippen molar-refractivity contribution >= 4 is 60.3 Å². The molecule has 10 heteroatoms. The molecule has 0 radical (unpaired) electrons. The summed E-state index contributed by atoms with van der Waals surface area (Å²) in [6.45, 7) is 16.2. The summed E-state index contributed by atoms with van der Waals surface area (Å²) >= 11 is 0. The van der Waals surface area contributed by atoms with Gasteiger partial charge in [-0.15, -0.1) is 0 Å². The fourth-order valence-corrected chi connectivity index (χ4v) is 16.9. The molecule has 0 aromatic carbocycles. The molecule has 0 spiro atoms. The molecule has 0 saturated carbocycles. The van der Waals surface area contributed by atoms with Crippen molar-refractivity contribution in [3.05, 3.63) is 0 Å². The average Bonchev–Trinajstić information content (AvgIpc) is 2.77. The summed E-state index contributed by atoms with van der Waals surface area (Å²) in [6.07, 6.45) is 6.48. The van der Waals surface area contributed by atoms with Crippen molar-refractivity contribution in [1.82, 2.24) is 0 Å². The zero-order chi connectivity index (χ0) is 22.6. The van der Waals surface area contributed by atoms with Gasteiger partial charge < -0.3 is 18.9 Å². The normalized spacial score (nSPS) is 13.4. The Morgan fingerprint density at radius 3 is 1.03 bits per heavy atom. The Labute approximate surface area is 206 Å². The minimum absolute atomic E-state index is 0.418. The molecule has 0 fully saturated rings. The summed E-state index contributed by atoms with van der Waals surface area (Å²) in [5, 5.41) is 0. The first-order chi connectivity index (χ1) is 14.6. The van der Waals surface area contributed by atoms with Crippen LogP contribution in [0, 0.1) is 0 Å². The minimum Gasteiger partial charge on any atom is -0.345 e. The minimum atomic E-state index is -0.503. The largest absolute Gasteiger partial charge is 0.345 e. The lowest BCUT2D eigenvalue weighted by atomic mass is 10.5. The van der Waals surface area contributed by atoms with Gasteiger partial charge in [-0.05, 0) is 66.9 Å². The van der Waals surface area contributed by atoms with Crippen LogP contribution in [0.25, 0.3) is 0 Å². The predicted molar refractivity (Wildman–Crippen MR) is 148 cm³/mol. The molecular formula is C20H46O4S4Si2. The molecule has 0 rings (SSSR count). The van der Waals surface area contributed by atoms with Crippen LogP contribution in [0.5, 0.6) is 0 Å². The van der Waals surface area contributed by atoms with Crippen molar-refractivity contribution in [1.29, 1.82) is 0 Å². The lowest BCUT2D eigenvalue weighted by molar-refractivity contribution is -0.117. The van der Waals surface area contributed by atoms with Gasteiger partial charge in [0.2, 0.25) is 9.48 Å². The summed E-state index contributed by atoms with van der Waals surface area (Å²) in [5.41, 5.74) is 0. The number of hydrogen-bond donors (Lipinski definition) is 0. The van der Waals surface area contributed by atoms with E-state index in [0.29, 0.717) is 0 Å². The summed E-state index contributed by atoms with van der Waals surface area (Å²) < 4.78 is 24.4. The molecule has 0 atom stereocenters. The highest BCUT2D eigenvalue weighted by molar-refractivity contribution is 9.26. The molecule has 0 aliphatic carbocycles. The molecular weight excluding hydrogens is 489 g/mol. The van der Waals surface area contributed by atoms with Gasteiger partial charge in [0.05, 0.1) is 26.4 Å². The third kappa shape index (κ3) is 14.7. The molecule has 30 heavy (non-hydrogen) atoms. The van der Waals surface area contributed by atoms with Crippen molar-refractivity contribution in [2.75, 3.05) is 26.4 Å². The molecule has 0 aliphatic rings. The fraction of sp³-hybridized carbons (Fsp3) is 1.00. The Morgan fingerprint density at radius 2 is 0.800 bits per heavy atom. The SMILES string of the molecule is CCCOC(OCCC)([SiH2]CCC)SSSSC(OCCC)(OCCC)[SiH2]CCC. The molecule has 0 saturated heterocycles. The molecule has 0 aromatic heterocycles. The van der Waals surface area contributed by atoms with Gasteiger partial charge >= 0.3 is 0 Å². The van der Waals surface area contributed by atoms with E-state index < -0.39 is 28.5 Å². The molecule has 4 nitrogen and oxygen atoms in total. The average molecular weight is 535 g/mol. The summed E-state index contributed by atoms with van der Waals surface area (Å²) in [5.74, 6) is 0. The lowest BCUT2D eigenvalue weighted by Gasteiger charge is -2.34. The molecule has 0 aliphatic heterocycles. The molecule has 0 bridgehead atoms. The van der Waals surface area contributed by atoms with Crippen LogP contribution < -0.4 is 0 Å². The first-order valence-electron chi connectivity index (χ1n) is 11.8. The van der Waals surface area contributed by atoms with Crippen LogP contribution in [0.2, 0.25) is 12.1 Å². The van der Waals surface area contributed by atoms with Gasteiger partial charge in [-0.3, -0.25) is 0 Å². The Morgan fingerprint density at radius 1 is 0.500 bits per heavy atom. The maximum absolute atomic E-state index is 6.32. The lowest BCUT2D eigenvalue weighted by Crippen LogP contribution is -2.39. The topological polar surface area (TPSA) is 36.9 Å². The highest BCUT2D eigenvalue weighted by atomic mass is 33.7. The van der Waals surface area contributed by atoms with Crippen LogP contribution in [0.1, 0.15) is 80.1 Å². The van der Waals surface area contributed by atoms with E-state index in [1.807, 2.05) is 0 Å². The molecule has 0 N–H and O–H groups in total. The van der Waals surface area contributed by atoms with E-state index in [1.54, 1.807) is 41.2 Å². The maximum atomic E-state index is 6.32. The van der Waals surface area contributed by atoms with Crippen LogP contribution in [-0.2, 0) is 18.9 Å². The zero-order valence-electron chi connectivity index (χ0n) is 20.2. The summed E-state index contributed by atoms with van der Waals surface area (Å²) in [6, 6.07) is 2.48. The van der Waals surface area contributed by atoms with Gasteiger partial charge in [-0.1, -0.05) is 66.5 Å². The van der Waals surface area contributed by atoms with Gasteiger partial charge in [0.25, 0.3) is 0 Å². The summed E-state index contributed by atoms with van der Waals surface area (Å²) in [7, 11) is 6.12. The molecule has 0 heterocycles. The van der Waals surface area contributed by atoms with E-state index in [4.69, 9.17) is 18.9 Å². The zero-order valence-corrected chi connectivity index (χ0v) is 26.3. The second kappa shape index (κ2) is 21.2.